The number of halogens is 3. The Labute approximate surface area is 177 Å². The fourth-order valence-electron chi connectivity index (χ4n) is 2.53. The van der Waals surface area contributed by atoms with Crippen LogP contribution in [-0.4, -0.2) is 25.4 Å². The number of hydrogen-bond donors (Lipinski definition) is 2. The van der Waals surface area contributed by atoms with Gasteiger partial charge in [0.2, 0.25) is 0 Å². The molecule has 0 atom stereocenters. The molecule has 2 aromatic rings. The van der Waals surface area contributed by atoms with Crippen LogP contribution in [-0.2, 0) is 13.2 Å². The maximum atomic E-state index is 8.77. The molecule has 0 bridgehead atoms. The molecule has 0 saturated carbocycles. The Balaban J connectivity index is 0.00000364. The van der Waals surface area contributed by atoms with Gasteiger partial charge in [-0.3, -0.25) is 0 Å². The number of aliphatic hydroxyl groups excluding tert-OH is 1. The minimum Gasteiger partial charge on any atom is -0.493 e. The van der Waals surface area contributed by atoms with Crippen LogP contribution in [0.15, 0.2) is 36.4 Å². The number of aliphatic hydroxyl groups is 1. The van der Waals surface area contributed by atoms with Crippen molar-refractivity contribution in [1.82, 2.24) is 5.32 Å². The highest BCUT2D eigenvalue weighted by molar-refractivity contribution is 6.35. The summed E-state index contributed by atoms with van der Waals surface area (Å²) >= 11 is 12.4. The molecule has 0 aliphatic heterocycles. The average molecular weight is 435 g/mol. The molecule has 0 saturated heterocycles. The van der Waals surface area contributed by atoms with Crippen LogP contribution in [0.5, 0.6) is 11.5 Å². The molecule has 2 aromatic carbocycles. The number of rotatable bonds is 11. The topological polar surface area (TPSA) is 50.7 Å². The van der Waals surface area contributed by atoms with Gasteiger partial charge in [0, 0.05) is 28.8 Å². The molecule has 4 nitrogen and oxygen atoms in total. The molecule has 0 amide bonds. The highest BCUT2D eigenvalue weighted by Crippen LogP contribution is 2.31. The predicted molar refractivity (Wildman–Crippen MR) is 114 cm³/mol. The van der Waals surface area contributed by atoms with Crippen LogP contribution in [0, 0.1) is 0 Å². The first-order valence-corrected chi connectivity index (χ1v) is 9.45. The number of ether oxygens (including phenoxy) is 2. The summed E-state index contributed by atoms with van der Waals surface area (Å²) in [6, 6.07) is 11.3. The molecule has 2 rings (SSSR count). The number of hydrogen-bond acceptors (Lipinski definition) is 4. The van der Waals surface area contributed by atoms with E-state index in [9.17, 15) is 0 Å². The van der Waals surface area contributed by atoms with Gasteiger partial charge in [0.15, 0.2) is 11.5 Å². The fraction of sp³-hybridized carbons (Fsp3) is 0.400. The summed E-state index contributed by atoms with van der Waals surface area (Å²) < 4.78 is 11.3. The van der Waals surface area contributed by atoms with Gasteiger partial charge in [0.05, 0.1) is 7.11 Å². The Kier molecular flexibility index (Phi) is 11.6. The first-order chi connectivity index (χ1) is 12.7. The van der Waals surface area contributed by atoms with Crippen molar-refractivity contribution in [2.24, 2.45) is 0 Å². The summed E-state index contributed by atoms with van der Waals surface area (Å²) in [7, 11) is 1.62. The number of nitrogens with one attached hydrogen (secondary N) is 1. The van der Waals surface area contributed by atoms with E-state index in [1.54, 1.807) is 25.3 Å². The van der Waals surface area contributed by atoms with Crippen LogP contribution in [0.3, 0.4) is 0 Å². The normalized spacial score (nSPS) is 10.4. The first-order valence-electron chi connectivity index (χ1n) is 8.70. The standard InChI is InChI=1S/C20H25Cl2NO3.ClH/c1-25-20-12-15(13-23-10-3-2-4-11-24)8-9-19(20)26-14-16-17(21)6-5-7-18(16)22;/h5-9,12,23-24H,2-4,10-11,13-14H2,1H3;1H. The lowest BCUT2D eigenvalue weighted by atomic mass is 10.2. The molecule has 0 aliphatic rings. The van der Waals surface area contributed by atoms with Gasteiger partial charge < -0.3 is 19.9 Å². The lowest BCUT2D eigenvalue weighted by Crippen LogP contribution is -2.14. The van der Waals surface area contributed by atoms with E-state index in [4.69, 9.17) is 37.8 Å². The van der Waals surface area contributed by atoms with Crippen molar-refractivity contribution in [2.75, 3.05) is 20.3 Å². The van der Waals surface area contributed by atoms with Gasteiger partial charge >= 0.3 is 0 Å². The van der Waals surface area contributed by atoms with Crippen molar-refractivity contribution >= 4 is 35.6 Å². The van der Waals surface area contributed by atoms with Crippen molar-refractivity contribution in [2.45, 2.75) is 32.4 Å². The molecule has 0 aliphatic carbocycles. The lowest BCUT2D eigenvalue weighted by molar-refractivity contribution is 0.282. The summed E-state index contributed by atoms with van der Waals surface area (Å²) in [4.78, 5) is 0. The molecule has 0 fully saturated rings. The fourth-order valence-corrected chi connectivity index (χ4v) is 3.04. The van der Waals surface area contributed by atoms with Crippen LogP contribution in [0.2, 0.25) is 10.0 Å². The summed E-state index contributed by atoms with van der Waals surface area (Å²) in [5, 5.41) is 13.3. The van der Waals surface area contributed by atoms with E-state index < -0.39 is 0 Å². The maximum Gasteiger partial charge on any atom is 0.161 e. The largest absolute Gasteiger partial charge is 0.493 e. The van der Waals surface area contributed by atoms with Crippen LogP contribution < -0.4 is 14.8 Å². The van der Waals surface area contributed by atoms with E-state index in [-0.39, 0.29) is 25.6 Å². The van der Waals surface area contributed by atoms with Gasteiger partial charge in [-0.25, -0.2) is 0 Å². The van der Waals surface area contributed by atoms with E-state index >= 15 is 0 Å². The summed E-state index contributed by atoms with van der Waals surface area (Å²) in [6.45, 7) is 2.22. The van der Waals surface area contributed by atoms with Gasteiger partial charge in [0.25, 0.3) is 0 Å². The quantitative estimate of drug-likeness (QED) is 0.474. The molecule has 7 heteroatoms. The Morgan fingerprint density at radius 1 is 1.00 bits per heavy atom. The monoisotopic (exact) mass is 433 g/mol. The van der Waals surface area contributed by atoms with Crippen LogP contribution >= 0.6 is 35.6 Å². The number of unbranched alkanes of at least 4 members (excludes halogenated alkanes) is 2. The minimum absolute atomic E-state index is 0. The van der Waals surface area contributed by atoms with E-state index in [0.717, 1.165) is 43.5 Å². The third-order valence-corrected chi connectivity index (χ3v) is 4.71. The van der Waals surface area contributed by atoms with Gasteiger partial charge in [-0.15, -0.1) is 12.4 Å². The Bertz CT molecular complexity index is 678. The van der Waals surface area contributed by atoms with Crippen molar-refractivity contribution < 1.29 is 14.6 Å². The minimum atomic E-state index is 0. The molecule has 0 spiro atoms. The van der Waals surface area contributed by atoms with Crippen LogP contribution in [0.4, 0.5) is 0 Å². The SMILES string of the molecule is COc1cc(CNCCCCCO)ccc1OCc1c(Cl)cccc1Cl.Cl. The van der Waals surface area contributed by atoms with Gasteiger partial charge in [0.1, 0.15) is 6.61 Å². The van der Waals surface area contributed by atoms with Crippen LogP contribution in [0.25, 0.3) is 0 Å². The van der Waals surface area contributed by atoms with Crippen molar-refractivity contribution in [3.05, 3.63) is 57.6 Å². The van der Waals surface area contributed by atoms with Crippen molar-refractivity contribution in [3.63, 3.8) is 0 Å². The molecule has 2 N–H and O–H groups in total. The van der Waals surface area contributed by atoms with Gasteiger partial charge in [-0.1, -0.05) is 35.3 Å². The smallest absolute Gasteiger partial charge is 0.161 e. The second-order valence-corrected chi connectivity index (χ2v) is 6.75. The molecular formula is C20H26Cl3NO3. The molecule has 27 heavy (non-hydrogen) atoms. The van der Waals surface area contributed by atoms with Crippen LogP contribution in [0.1, 0.15) is 30.4 Å². The second-order valence-electron chi connectivity index (χ2n) is 5.94. The first kappa shape index (κ1) is 23.9. The molecule has 0 unspecified atom stereocenters. The van der Waals surface area contributed by atoms with Crippen molar-refractivity contribution in [1.29, 1.82) is 0 Å². The Hall–Kier alpha value is -1.17. The average Bonchev–Trinajstić information content (AvgIpc) is 2.64. The van der Waals surface area contributed by atoms with E-state index in [1.165, 1.54) is 0 Å². The third-order valence-electron chi connectivity index (χ3n) is 4.00. The molecule has 150 valence electrons. The molecular weight excluding hydrogens is 409 g/mol. The summed E-state index contributed by atoms with van der Waals surface area (Å²) in [5.41, 5.74) is 1.87. The van der Waals surface area contributed by atoms with Gasteiger partial charge in [-0.2, -0.15) is 0 Å². The molecule has 0 radical (unpaired) electrons. The Morgan fingerprint density at radius 2 is 1.74 bits per heavy atom. The third kappa shape index (κ3) is 7.76. The van der Waals surface area contributed by atoms with Gasteiger partial charge in [-0.05, 0) is 55.6 Å². The highest BCUT2D eigenvalue weighted by atomic mass is 35.5. The Morgan fingerprint density at radius 3 is 2.41 bits per heavy atom. The predicted octanol–water partition coefficient (Wildman–Crippen LogP) is 5.26. The lowest BCUT2D eigenvalue weighted by Gasteiger charge is -2.14. The summed E-state index contributed by atoms with van der Waals surface area (Å²) in [5.74, 6) is 1.32. The zero-order chi connectivity index (χ0) is 18.8. The zero-order valence-electron chi connectivity index (χ0n) is 15.3. The van der Waals surface area contributed by atoms with E-state index in [2.05, 4.69) is 5.32 Å². The molecule has 0 aromatic heterocycles. The summed E-state index contributed by atoms with van der Waals surface area (Å²) in [6.07, 6.45) is 2.94. The molecule has 0 heterocycles. The maximum absolute atomic E-state index is 8.77. The number of methoxy groups -OCH3 is 1. The number of benzene rings is 2. The van der Waals surface area contributed by atoms with E-state index in [0.29, 0.717) is 21.5 Å². The highest BCUT2D eigenvalue weighted by Gasteiger charge is 2.10. The van der Waals surface area contributed by atoms with E-state index in [1.807, 2.05) is 18.2 Å². The van der Waals surface area contributed by atoms with Crippen molar-refractivity contribution in [3.8, 4) is 11.5 Å². The second kappa shape index (κ2) is 13.1. The zero-order valence-corrected chi connectivity index (χ0v) is 17.7.